The number of nitrogens with one attached hydrogen (secondary N) is 2. The molecule has 1 aliphatic rings. The summed E-state index contributed by atoms with van der Waals surface area (Å²) in [5.74, 6) is -1.14. The van der Waals surface area contributed by atoms with Gasteiger partial charge in [-0.3, -0.25) is 14.4 Å². The van der Waals surface area contributed by atoms with E-state index in [0.29, 0.717) is 18.0 Å². The molecular formula is C26H33FN4O4. The largest absolute Gasteiger partial charge is 0.376 e. The van der Waals surface area contributed by atoms with Crippen LogP contribution in [0.15, 0.2) is 48.7 Å². The highest BCUT2D eigenvalue weighted by Gasteiger charge is 2.35. The maximum atomic E-state index is 13.6. The molecule has 0 unspecified atom stereocenters. The van der Waals surface area contributed by atoms with Crippen LogP contribution >= 0.6 is 0 Å². The first-order valence-electron chi connectivity index (χ1n) is 11.8. The Labute approximate surface area is 205 Å². The zero-order chi connectivity index (χ0) is 25.4. The Morgan fingerprint density at radius 3 is 2.49 bits per heavy atom. The number of aromatic nitrogens is 1. The number of benzene rings is 1. The van der Waals surface area contributed by atoms with Crippen molar-refractivity contribution < 1.29 is 23.5 Å². The molecule has 1 aromatic carbocycles. The SMILES string of the molecule is CC(C)(C)NC(=O)[C@H](c1ccc(F)cc1)N(C[C@H]1CCCO1)C(=O)CCC(=O)Nc1ccccn1. The summed E-state index contributed by atoms with van der Waals surface area (Å²) in [6, 6.07) is 9.69. The van der Waals surface area contributed by atoms with Gasteiger partial charge in [-0.1, -0.05) is 18.2 Å². The molecule has 0 bridgehead atoms. The van der Waals surface area contributed by atoms with Gasteiger partial charge in [0.05, 0.1) is 6.10 Å². The van der Waals surface area contributed by atoms with E-state index in [4.69, 9.17) is 4.74 Å². The monoisotopic (exact) mass is 484 g/mol. The van der Waals surface area contributed by atoms with E-state index in [0.717, 1.165) is 12.8 Å². The number of amides is 3. The predicted octanol–water partition coefficient (Wildman–Crippen LogP) is 3.60. The lowest BCUT2D eigenvalue weighted by atomic mass is 10.00. The van der Waals surface area contributed by atoms with Crippen LogP contribution < -0.4 is 10.6 Å². The minimum absolute atomic E-state index is 0.0749. The third-order valence-corrected chi connectivity index (χ3v) is 5.49. The van der Waals surface area contributed by atoms with E-state index < -0.39 is 17.4 Å². The second kappa shape index (κ2) is 11.9. The molecule has 3 rings (SSSR count). The molecule has 0 spiro atoms. The fraction of sp³-hybridized carbons (Fsp3) is 0.462. The predicted molar refractivity (Wildman–Crippen MR) is 130 cm³/mol. The third-order valence-electron chi connectivity index (χ3n) is 5.49. The maximum Gasteiger partial charge on any atom is 0.247 e. The number of hydrogen-bond acceptors (Lipinski definition) is 5. The van der Waals surface area contributed by atoms with E-state index >= 15 is 0 Å². The first kappa shape index (κ1) is 26.3. The lowest BCUT2D eigenvalue weighted by Gasteiger charge is -2.35. The molecular weight excluding hydrogens is 451 g/mol. The van der Waals surface area contributed by atoms with Gasteiger partial charge in [0.2, 0.25) is 17.7 Å². The Hall–Kier alpha value is -3.33. The molecule has 0 saturated carbocycles. The number of anilines is 1. The van der Waals surface area contributed by atoms with Gasteiger partial charge >= 0.3 is 0 Å². The quantitative estimate of drug-likeness (QED) is 0.566. The van der Waals surface area contributed by atoms with Crippen molar-refractivity contribution in [3.8, 4) is 0 Å². The highest BCUT2D eigenvalue weighted by molar-refractivity contribution is 5.94. The smallest absolute Gasteiger partial charge is 0.247 e. The van der Waals surface area contributed by atoms with Gasteiger partial charge in [-0.25, -0.2) is 9.37 Å². The van der Waals surface area contributed by atoms with Crippen molar-refractivity contribution >= 4 is 23.5 Å². The van der Waals surface area contributed by atoms with Crippen molar-refractivity contribution in [2.75, 3.05) is 18.5 Å². The Kier molecular flexibility index (Phi) is 8.92. The molecule has 2 aromatic rings. The summed E-state index contributed by atoms with van der Waals surface area (Å²) < 4.78 is 19.4. The zero-order valence-corrected chi connectivity index (χ0v) is 20.4. The molecule has 0 radical (unpaired) electrons. The van der Waals surface area contributed by atoms with Gasteiger partial charge in [-0.05, 0) is 63.4 Å². The van der Waals surface area contributed by atoms with Crippen molar-refractivity contribution in [1.29, 1.82) is 0 Å². The number of nitrogens with zero attached hydrogens (tertiary/aromatic N) is 2. The van der Waals surface area contributed by atoms with E-state index in [-0.39, 0.29) is 43.2 Å². The van der Waals surface area contributed by atoms with Crippen LogP contribution in [-0.2, 0) is 19.1 Å². The van der Waals surface area contributed by atoms with Gasteiger partial charge in [-0.2, -0.15) is 0 Å². The molecule has 3 amide bonds. The Bertz CT molecular complexity index is 1000. The lowest BCUT2D eigenvalue weighted by Crippen LogP contribution is -2.50. The number of carbonyl (C=O) groups excluding carboxylic acids is 3. The average molecular weight is 485 g/mol. The van der Waals surface area contributed by atoms with Gasteiger partial charge in [-0.15, -0.1) is 0 Å². The fourth-order valence-electron chi connectivity index (χ4n) is 3.92. The van der Waals surface area contributed by atoms with Crippen molar-refractivity contribution in [3.63, 3.8) is 0 Å². The first-order valence-corrected chi connectivity index (χ1v) is 11.8. The van der Waals surface area contributed by atoms with Crippen molar-refractivity contribution in [3.05, 3.63) is 60.0 Å². The van der Waals surface area contributed by atoms with E-state index in [9.17, 15) is 18.8 Å². The van der Waals surface area contributed by atoms with Gasteiger partial charge in [0.1, 0.15) is 17.7 Å². The van der Waals surface area contributed by atoms with E-state index in [1.165, 1.54) is 29.2 Å². The molecule has 35 heavy (non-hydrogen) atoms. The molecule has 2 atom stereocenters. The minimum atomic E-state index is -0.995. The topological polar surface area (TPSA) is 101 Å². The molecule has 1 aliphatic heterocycles. The highest BCUT2D eigenvalue weighted by atomic mass is 19.1. The van der Waals surface area contributed by atoms with Gasteiger partial charge in [0.25, 0.3) is 0 Å². The molecule has 188 valence electrons. The molecule has 8 nitrogen and oxygen atoms in total. The molecule has 9 heteroatoms. The molecule has 2 heterocycles. The van der Waals surface area contributed by atoms with Gasteiger partial charge in [0, 0.05) is 37.7 Å². The van der Waals surface area contributed by atoms with Crippen LogP contribution in [0, 0.1) is 5.82 Å². The van der Waals surface area contributed by atoms with Crippen LogP contribution in [0.1, 0.15) is 58.1 Å². The summed E-state index contributed by atoms with van der Waals surface area (Å²) in [5.41, 5.74) is -0.0614. The van der Waals surface area contributed by atoms with Crippen molar-refractivity contribution in [1.82, 2.24) is 15.2 Å². The van der Waals surface area contributed by atoms with E-state index in [1.54, 1.807) is 24.4 Å². The number of carbonyl (C=O) groups is 3. The summed E-state index contributed by atoms with van der Waals surface area (Å²) in [7, 11) is 0. The van der Waals surface area contributed by atoms with Crippen LogP contribution in [0.4, 0.5) is 10.2 Å². The maximum absolute atomic E-state index is 13.6. The standard InChI is InChI=1S/C26H33FN4O4/c1-26(2,3)30-25(34)24(18-9-11-19(27)12-10-18)31(17-20-7-6-16-35-20)23(33)14-13-22(32)29-21-8-4-5-15-28-21/h4-5,8-12,15,20,24H,6-7,13-14,16-17H2,1-3H3,(H,30,34)(H,28,29,32)/t20-,24+/m1/s1. The lowest BCUT2D eigenvalue weighted by molar-refractivity contribution is -0.143. The normalized spacial score (nSPS) is 16.4. The average Bonchev–Trinajstić information content (AvgIpc) is 3.31. The minimum Gasteiger partial charge on any atom is -0.376 e. The second-order valence-electron chi connectivity index (χ2n) is 9.64. The van der Waals surface area contributed by atoms with Crippen LogP contribution in [0.3, 0.4) is 0 Å². The third kappa shape index (κ3) is 8.13. The number of ether oxygens (including phenoxy) is 1. The van der Waals surface area contributed by atoms with E-state index in [2.05, 4.69) is 15.6 Å². The Morgan fingerprint density at radius 1 is 1.14 bits per heavy atom. The van der Waals surface area contributed by atoms with E-state index in [1.807, 2.05) is 20.8 Å². The summed E-state index contributed by atoms with van der Waals surface area (Å²) in [5, 5.41) is 5.60. The Morgan fingerprint density at radius 2 is 1.89 bits per heavy atom. The summed E-state index contributed by atoms with van der Waals surface area (Å²) >= 11 is 0. The number of pyridine rings is 1. The summed E-state index contributed by atoms with van der Waals surface area (Å²) in [6.45, 7) is 6.33. The van der Waals surface area contributed by atoms with Gasteiger partial charge in [0.15, 0.2) is 0 Å². The van der Waals surface area contributed by atoms with Crippen LogP contribution in [-0.4, -0.2) is 52.4 Å². The second-order valence-corrected chi connectivity index (χ2v) is 9.64. The molecule has 2 N–H and O–H groups in total. The van der Waals surface area contributed by atoms with Gasteiger partial charge < -0.3 is 20.3 Å². The fourth-order valence-corrected chi connectivity index (χ4v) is 3.92. The van der Waals surface area contributed by atoms with Crippen LogP contribution in [0.2, 0.25) is 0 Å². The highest BCUT2D eigenvalue weighted by Crippen LogP contribution is 2.26. The summed E-state index contributed by atoms with van der Waals surface area (Å²) in [6.07, 6.45) is 2.80. The molecule has 1 saturated heterocycles. The first-order chi connectivity index (χ1) is 16.6. The van der Waals surface area contributed by atoms with Crippen LogP contribution in [0.25, 0.3) is 0 Å². The van der Waals surface area contributed by atoms with Crippen LogP contribution in [0.5, 0.6) is 0 Å². The number of halogens is 1. The summed E-state index contributed by atoms with van der Waals surface area (Å²) in [4.78, 5) is 44.8. The van der Waals surface area contributed by atoms with Crippen molar-refractivity contribution in [2.24, 2.45) is 0 Å². The molecule has 0 aliphatic carbocycles. The molecule has 1 fully saturated rings. The molecule has 1 aromatic heterocycles. The number of rotatable bonds is 9. The number of hydrogen-bond donors (Lipinski definition) is 2. The zero-order valence-electron chi connectivity index (χ0n) is 20.4. The Balaban J connectivity index is 1.82. The van der Waals surface area contributed by atoms with Crippen molar-refractivity contribution in [2.45, 2.75) is 64.1 Å².